The van der Waals surface area contributed by atoms with Gasteiger partial charge in [-0.15, -0.1) is 0 Å². The van der Waals surface area contributed by atoms with Crippen LogP contribution in [0.2, 0.25) is 0 Å². The van der Waals surface area contributed by atoms with E-state index in [1.165, 1.54) is 25.7 Å². The monoisotopic (exact) mass is 224 g/mol. The highest BCUT2D eigenvalue weighted by atomic mass is 16.4. The van der Waals surface area contributed by atoms with Crippen LogP contribution in [-0.4, -0.2) is 11.1 Å². The van der Waals surface area contributed by atoms with Gasteiger partial charge in [0.15, 0.2) is 0 Å². The average molecular weight is 224 g/mol. The maximum atomic E-state index is 10.7. The summed E-state index contributed by atoms with van der Waals surface area (Å²) in [5.74, 6) is 1.62. The summed E-state index contributed by atoms with van der Waals surface area (Å²) in [6.45, 7) is 4.65. The Morgan fingerprint density at radius 1 is 1.31 bits per heavy atom. The topological polar surface area (TPSA) is 37.3 Å². The maximum absolute atomic E-state index is 10.7. The van der Waals surface area contributed by atoms with Crippen molar-refractivity contribution in [3.8, 4) is 0 Å². The molecule has 0 amide bonds. The van der Waals surface area contributed by atoms with Crippen molar-refractivity contribution in [1.82, 2.24) is 0 Å². The van der Waals surface area contributed by atoms with Crippen LogP contribution in [0.3, 0.4) is 0 Å². The number of aliphatic carboxylic acids is 1. The van der Waals surface area contributed by atoms with Crippen molar-refractivity contribution in [2.75, 3.05) is 0 Å². The lowest BCUT2D eigenvalue weighted by Crippen LogP contribution is -2.42. The molecule has 0 aromatic rings. The van der Waals surface area contributed by atoms with Crippen LogP contribution >= 0.6 is 0 Å². The first-order valence-corrected chi connectivity index (χ1v) is 6.72. The van der Waals surface area contributed by atoms with E-state index < -0.39 is 5.97 Å². The molecule has 2 aliphatic rings. The van der Waals surface area contributed by atoms with Crippen LogP contribution in [0.4, 0.5) is 0 Å². The summed E-state index contributed by atoms with van der Waals surface area (Å²) in [6.07, 6.45) is 8.08. The number of hydrogen-bond acceptors (Lipinski definition) is 1. The van der Waals surface area contributed by atoms with Gasteiger partial charge in [0.1, 0.15) is 0 Å². The molecule has 0 radical (unpaired) electrons. The predicted octanol–water partition coefficient (Wildman–Crippen LogP) is 3.70. The van der Waals surface area contributed by atoms with E-state index in [0.29, 0.717) is 17.8 Å². The molecule has 1 N–H and O–H groups in total. The number of carboxylic acid groups (broad SMARTS) is 1. The fraction of sp³-hybridized carbons (Fsp3) is 0.929. The lowest BCUT2D eigenvalue weighted by atomic mass is 9.52. The minimum absolute atomic E-state index is 0.393. The van der Waals surface area contributed by atoms with E-state index in [9.17, 15) is 4.79 Å². The molecule has 0 heterocycles. The fourth-order valence-corrected chi connectivity index (χ4v) is 3.67. The highest BCUT2D eigenvalue weighted by molar-refractivity contribution is 5.67. The Balaban J connectivity index is 1.76. The normalized spacial score (nSPS) is 38.7. The molecule has 16 heavy (non-hydrogen) atoms. The molecule has 0 saturated heterocycles. The third-order valence-corrected chi connectivity index (χ3v) is 4.96. The van der Waals surface area contributed by atoms with Crippen LogP contribution in [0.1, 0.15) is 58.8 Å². The molecule has 0 bridgehead atoms. The molecular weight excluding hydrogens is 200 g/mol. The highest BCUT2D eigenvalue weighted by Crippen LogP contribution is 2.57. The van der Waals surface area contributed by atoms with Crippen LogP contribution < -0.4 is 0 Å². The number of carbonyl (C=O) groups is 1. The van der Waals surface area contributed by atoms with E-state index in [1.54, 1.807) is 0 Å². The largest absolute Gasteiger partial charge is 0.481 e. The summed E-state index contributed by atoms with van der Waals surface area (Å²) in [6, 6.07) is 0. The quantitative estimate of drug-likeness (QED) is 0.793. The van der Waals surface area contributed by atoms with Crippen LogP contribution in [0.5, 0.6) is 0 Å². The summed E-state index contributed by atoms with van der Waals surface area (Å²) < 4.78 is 0. The first kappa shape index (κ1) is 11.9. The van der Waals surface area contributed by atoms with Gasteiger partial charge in [-0.2, -0.15) is 0 Å². The van der Waals surface area contributed by atoms with Crippen molar-refractivity contribution < 1.29 is 9.90 Å². The molecule has 0 aromatic carbocycles. The molecule has 2 heteroatoms. The van der Waals surface area contributed by atoms with Crippen LogP contribution in [0, 0.1) is 23.2 Å². The van der Waals surface area contributed by atoms with E-state index in [-0.39, 0.29) is 0 Å². The molecule has 0 atom stereocenters. The predicted molar refractivity (Wildman–Crippen MR) is 64.2 cm³/mol. The van der Waals surface area contributed by atoms with Gasteiger partial charge in [-0.05, 0) is 61.7 Å². The van der Waals surface area contributed by atoms with Crippen molar-refractivity contribution in [3.63, 3.8) is 0 Å². The second-order valence-electron chi connectivity index (χ2n) is 6.45. The molecule has 1 spiro atoms. The van der Waals surface area contributed by atoms with Crippen molar-refractivity contribution >= 4 is 5.97 Å². The Bertz CT molecular complexity index is 254. The molecule has 2 rings (SSSR count). The summed E-state index contributed by atoms with van der Waals surface area (Å²) in [5.41, 5.74) is 0.629. The molecule has 2 fully saturated rings. The van der Waals surface area contributed by atoms with E-state index in [4.69, 9.17) is 5.11 Å². The zero-order valence-electron chi connectivity index (χ0n) is 10.5. The molecule has 0 aromatic heterocycles. The number of rotatable bonds is 3. The smallest absolute Gasteiger partial charge is 0.303 e. The van der Waals surface area contributed by atoms with Gasteiger partial charge < -0.3 is 5.11 Å². The van der Waals surface area contributed by atoms with E-state index in [1.807, 2.05) is 0 Å². The summed E-state index contributed by atoms with van der Waals surface area (Å²) in [4.78, 5) is 10.7. The Labute approximate surface area is 98.4 Å². The summed E-state index contributed by atoms with van der Waals surface area (Å²) >= 11 is 0. The Morgan fingerprint density at radius 3 is 2.31 bits per heavy atom. The lowest BCUT2D eigenvalue weighted by Gasteiger charge is -2.53. The van der Waals surface area contributed by atoms with Gasteiger partial charge in [0.05, 0.1) is 0 Å². The molecule has 0 aliphatic heterocycles. The van der Waals surface area contributed by atoms with E-state index in [0.717, 1.165) is 24.7 Å². The zero-order chi connectivity index (χ0) is 11.8. The van der Waals surface area contributed by atoms with E-state index >= 15 is 0 Å². The second-order valence-corrected chi connectivity index (χ2v) is 6.45. The third-order valence-electron chi connectivity index (χ3n) is 4.96. The Morgan fingerprint density at radius 2 is 1.88 bits per heavy atom. The Kier molecular flexibility index (Phi) is 3.27. The Hall–Kier alpha value is -0.530. The average Bonchev–Trinajstić information content (AvgIpc) is 2.14. The van der Waals surface area contributed by atoms with Gasteiger partial charge in [-0.3, -0.25) is 4.79 Å². The van der Waals surface area contributed by atoms with Gasteiger partial charge >= 0.3 is 5.97 Å². The highest BCUT2D eigenvalue weighted by Gasteiger charge is 2.46. The van der Waals surface area contributed by atoms with Crippen molar-refractivity contribution in [1.29, 1.82) is 0 Å². The summed E-state index contributed by atoms with van der Waals surface area (Å²) in [5, 5.41) is 8.78. The van der Waals surface area contributed by atoms with Crippen LogP contribution in [0.15, 0.2) is 0 Å². The minimum atomic E-state index is -0.616. The van der Waals surface area contributed by atoms with E-state index in [2.05, 4.69) is 13.8 Å². The zero-order valence-corrected chi connectivity index (χ0v) is 10.5. The maximum Gasteiger partial charge on any atom is 0.303 e. The van der Waals surface area contributed by atoms with Gasteiger partial charge in [-0.1, -0.05) is 13.8 Å². The second kappa shape index (κ2) is 4.38. The molecule has 92 valence electrons. The first-order chi connectivity index (χ1) is 7.51. The molecule has 0 unspecified atom stereocenters. The minimum Gasteiger partial charge on any atom is -0.481 e. The summed E-state index contributed by atoms with van der Waals surface area (Å²) in [7, 11) is 0. The third kappa shape index (κ3) is 2.41. The van der Waals surface area contributed by atoms with Gasteiger partial charge in [0, 0.05) is 6.42 Å². The lowest BCUT2D eigenvalue weighted by molar-refractivity contribution is -0.139. The fourth-order valence-electron chi connectivity index (χ4n) is 3.67. The molecule has 2 nitrogen and oxygen atoms in total. The van der Waals surface area contributed by atoms with Crippen LogP contribution in [0.25, 0.3) is 0 Å². The standard InChI is InChI=1S/C14H24O2/c1-10(2)12-8-14(9-12)5-3-11(4-6-14)7-13(15)16/h10-12H,3-9H2,1-2H3,(H,15,16). The molecule has 2 saturated carbocycles. The molecular formula is C14H24O2. The number of hydrogen-bond donors (Lipinski definition) is 1. The van der Waals surface area contributed by atoms with Crippen LogP contribution in [-0.2, 0) is 4.79 Å². The van der Waals surface area contributed by atoms with Crippen molar-refractivity contribution in [2.24, 2.45) is 23.2 Å². The van der Waals surface area contributed by atoms with Gasteiger partial charge in [-0.25, -0.2) is 0 Å². The van der Waals surface area contributed by atoms with Gasteiger partial charge in [0.2, 0.25) is 0 Å². The van der Waals surface area contributed by atoms with Crippen molar-refractivity contribution in [2.45, 2.75) is 58.8 Å². The molecule has 2 aliphatic carbocycles. The SMILES string of the molecule is CC(C)C1CC2(CCC(CC(=O)O)CC2)C1. The van der Waals surface area contributed by atoms with Gasteiger partial charge in [0.25, 0.3) is 0 Å². The number of carboxylic acids is 1. The van der Waals surface area contributed by atoms with Crippen molar-refractivity contribution in [3.05, 3.63) is 0 Å². The first-order valence-electron chi connectivity index (χ1n) is 6.72.